The number of amides is 1. The molecule has 0 spiro atoms. The van der Waals surface area contributed by atoms with Gasteiger partial charge in [0.15, 0.2) is 0 Å². The molecule has 0 aromatic heterocycles. The first-order valence-corrected chi connectivity index (χ1v) is 7.33. The van der Waals surface area contributed by atoms with Crippen molar-refractivity contribution in [3.8, 4) is 0 Å². The van der Waals surface area contributed by atoms with E-state index in [-0.39, 0.29) is 5.91 Å². The summed E-state index contributed by atoms with van der Waals surface area (Å²) in [5.74, 6) is 1.10. The zero-order valence-corrected chi connectivity index (χ0v) is 11.7. The average Bonchev–Trinajstić information content (AvgIpc) is 3.11. The lowest BCUT2D eigenvalue weighted by molar-refractivity contribution is -0.126. The van der Waals surface area contributed by atoms with Crippen molar-refractivity contribution in [3.63, 3.8) is 0 Å². The van der Waals surface area contributed by atoms with Crippen molar-refractivity contribution in [2.45, 2.75) is 44.6 Å². The van der Waals surface area contributed by atoms with E-state index < -0.39 is 5.54 Å². The van der Waals surface area contributed by atoms with E-state index in [0.717, 1.165) is 38.4 Å². The molecule has 1 unspecified atom stereocenters. The lowest BCUT2D eigenvalue weighted by atomic mass is 9.84. The average molecular weight is 253 g/mol. The Morgan fingerprint density at radius 2 is 2.06 bits per heavy atom. The van der Waals surface area contributed by atoms with Crippen molar-refractivity contribution < 1.29 is 4.79 Å². The summed E-state index contributed by atoms with van der Waals surface area (Å²) in [7, 11) is 1.88. The third-order valence-electron chi connectivity index (χ3n) is 4.82. The molecule has 0 aromatic rings. The first-order chi connectivity index (χ1) is 8.62. The van der Waals surface area contributed by atoms with Crippen molar-refractivity contribution in [2.75, 3.05) is 26.7 Å². The first kappa shape index (κ1) is 13.8. The number of nitrogens with zero attached hydrogens (tertiary/aromatic N) is 1. The summed E-state index contributed by atoms with van der Waals surface area (Å²) in [4.78, 5) is 14.3. The minimum atomic E-state index is -0.500. The van der Waals surface area contributed by atoms with Gasteiger partial charge >= 0.3 is 0 Å². The lowest BCUT2D eigenvalue weighted by Gasteiger charge is -2.38. The highest BCUT2D eigenvalue weighted by atomic mass is 16.1. The van der Waals surface area contributed by atoms with Crippen LogP contribution in [0.25, 0.3) is 0 Å². The largest absolute Gasteiger partial charge is 0.368 e. The fourth-order valence-electron chi connectivity index (χ4n) is 3.09. The van der Waals surface area contributed by atoms with Gasteiger partial charge < -0.3 is 16.0 Å². The van der Waals surface area contributed by atoms with Gasteiger partial charge in [0.25, 0.3) is 0 Å². The Hall–Kier alpha value is -0.610. The highest BCUT2D eigenvalue weighted by Gasteiger charge is 2.49. The summed E-state index contributed by atoms with van der Waals surface area (Å²) in [6, 6.07) is 0. The zero-order chi connectivity index (χ0) is 13.2. The summed E-state index contributed by atoms with van der Waals surface area (Å²) >= 11 is 0. The van der Waals surface area contributed by atoms with E-state index >= 15 is 0 Å². The second kappa shape index (κ2) is 5.57. The Bertz CT molecular complexity index is 299. The number of likely N-dealkylation sites (N-methyl/N-ethyl adjacent to an activating group) is 2. The highest BCUT2D eigenvalue weighted by molar-refractivity contribution is 5.86. The molecule has 0 heterocycles. The van der Waals surface area contributed by atoms with Gasteiger partial charge in [-0.15, -0.1) is 0 Å². The monoisotopic (exact) mass is 253 g/mol. The van der Waals surface area contributed by atoms with Crippen molar-refractivity contribution in [2.24, 2.45) is 17.6 Å². The van der Waals surface area contributed by atoms with Gasteiger partial charge in [0, 0.05) is 13.1 Å². The van der Waals surface area contributed by atoms with Crippen molar-refractivity contribution >= 4 is 5.91 Å². The Balaban J connectivity index is 1.98. The van der Waals surface area contributed by atoms with Gasteiger partial charge in [-0.05, 0) is 51.1 Å². The Morgan fingerprint density at radius 3 is 2.39 bits per heavy atom. The van der Waals surface area contributed by atoms with Crippen LogP contribution in [0.4, 0.5) is 0 Å². The minimum Gasteiger partial charge on any atom is -0.368 e. The third-order valence-corrected chi connectivity index (χ3v) is 4.82. The van der Waals surface area contributed by atoms with Gasteiger partial charge in [-0.2, -0.15) is 0 Å². The minimum absolute atomic E-state index is 0.181. The molecule has 2 fully saturated rings. The highest BCUT2D eigenvalue weighted by Crippen LogP contribution is 2.40. The second-order valence-electron chi connectivity index (χ2n) is 5.98. The quantitative estimate of drug-likeness (QED) is 0.677. The molecule has 4 heteroatoms. The van der Waals surface area contributed by atoms with Gasteiger partial charge in [0.05, 0.1) is 0 Å². The van der Waals surface area contributed by atoms with Crippen LogP contribution in [0.5, 0.6) is 0 Å². The van der Waals surface area contributed by atoms with E-state index in [1.807, 2.05) is 7.05 Å². The van der Waals surface area contributed by atoms with Crippen LogP contribution in [0.1, 0.15) is 39.0 Å². The van der Waals surface area contributed by atoms with Crippen LogP contribution >= 0.6 is 0 Å². The molecule has 0 aromatic carbocycles. The Labute approximate surface area is 110 Å². The molecule has 2 saturated carbocycles. The number of rotatable bonds is 8. The maximum atomic E-state index is 11.9. The molecule has 4 nitrogen and oxygen atoms in total. The van der Waals surface area contributed by atoms with Gasteiger partial charge in [-0.25, -0.2) is 0 Å². The summed E-state index contributed by atoms with van der Waals surface area (Å²) in [6.45, 7) is 5.07. The fraction of sp³-hybridized carbons (Fsp3) is 0.929. The Kier molecular flexibility index (Phi) is 4.28. The molecule has 2 rings (SSSR count). The van der Waals surface area contributed by atoms with Crippen LogP contribution in [-0.4, -0.2) is 43.0 Å². The molecule has 18 heavy (non-hydrogen) atoms. The van der Waals surface area contributed by atoms with Crippen LogP contribution < -0.4 is 11.1 Å². The SMILES string of the molecule is CCN(CC1CCC1)CC(NC)(C(N)=O)C1CC1. The van der Waals surface area contributed by atoms with Crippen LogP contribution in [0.2, 0.25) is 0 Å². The van der Waals surface area contributed by atoms with E-state index in [0.29, 0.717) is 5.92 Å². The van der Waals surface area contributed by atoms with E-state index in [1.165, 1.54) is 19.3 Å². The van der Waals surface area contributed by atoms with Crippen molar-refractivity contribution in [1.29, 1.82) is 0 Å². The molecule has 0 saturated heterocycles. The smallest absolute Gasteiger partial charge is 0.239 e. The molecule has 0 radical (unpaired) electrons. The van der Waals surface area contributed by atoms with Gasteiger partial charge in [-0.1, -0.05) is 13.3 Å². The molecule has 1 atom stereocenters. The molecule has 2 aliphatic rings. The van der Waals surface area contributed by atoms with Crippen LogP contribution in [0, 0.1) is 11.8 Å². The number of primary amides is 1. The number of hydrogen-bond acceptors (Lipinski definition) is 3. The predicted molar refractivity (Wildman–Crippen MR) is 73.2 cm³/mol. The van der Waals surface area contributed by atoms with E-state index in [9.17, 15) is 4.79 Å². The molecule has 0 bridgehead atoms. The zero-order valence-electron chi connectivity index (χ0n) is 11.7. The number of nitrogens with two attached hydrogens (primary N) is 1. The summed E-state index contributed by atoms with van der Waals surface area (Å²) < 4.78 is 0. The molecule has 0 aliphatic heterocycles. The molecule has 104 valence electrons. The van der Waals surface area contributed by atoms with Gasteiger partial charge in [0.2, 0.25) is 5.91 Å². The number of hydrogen-bond donors (Lipinski definition) is 2. The molecule has 1 amide bonds. The maximum Gasteiger partial charge on any atom is 0.239 e. The first-order valence-electron chi connectivity index (χ1n) is 7.33. The number of carbonyl (C=O) groups excluding carboxylic acids is 1. The topological polar surface area (TPSA) is 58.4 Å². The molecule has 2 aliphatic carbocycles. The second-order valence-corrected chi connectivity index (χ2v) is 5.98. The molecular formula is C14H27N3O. The van der Waals surface area contributed by atoms with Crippen LogP contribution in [0.3, 0.4) is 0 Å². The predicted octanol–water partition coefficient (Wildman–Crippen LogP) is 0.962. The van der Waals surface area contributed by atoms with Crippen molar-refractivity contribution in [3.05, 3.63) is 0 Å². The molecular weight excluding hydrogens is 226 g/mol. The van der Waals surface area contributed by atoms with Gasteiger partial charge in [0.1, 0.15) is 5.54 Å². The van der Waals surface area contributed by atoms with E-state index in [1.54, 1.807) is 0 Å². The van der Waals surface area contributed by atoms with Crippen LogP contribution in [0.15, 0.2) is 0 Å². The van der Waals surface area contributed by atoms with E-state index in [2.05, 4.69) is 17.1 Å². The lowest BCUT2D eigenvalue weighted by Crippen LogP contribution is -2.62. The molecule has 3 N–H and O–H groups in total. The maximum absolute atomic E-state index is 11.9. The van der Waals surface area contributed by atoms with Crippen LogP contribution in [-0.2, 0) is 4.79 Å². The summed E-state index contributed by atoms with van der Waals surface area (Å²) in [6.07, 6.45) is 6.33. The number of nitrogens with one attached hydrogen (secondary N) is 1. The third kappa shape index (κ3) is 2.69. The summed E-state index contributed by atoms with van der Waals surface area (Å²) in [5, 5.41) is 3.23. The summed E-state index contributed by atoms with van der Waals surface area (Å²) in [5.41, 5.74) is 5.18. The van der Waals surface area contributed by atoms with E-state index in [4.69, 9.17) is 5.73 Å². The fourth-order valence-corrected chi connectivity index (χ4v) is 3.09. The van der Waals surface area contributed by atoms with Gasteiger partial charge in [-0.3, -0.25) is 4.79 Å². The normalized spacial score (nSPS) is 23.7. The Morgan fingerprint density at radius 1 is 1.39 bits per heavy atom. The standard InChI is InChI=1S/C14H27N3O/c1-3-17(9-11-5-4-6-11)10-14(16-2,13(15)18)12-7-8-12/h11-12,16H,3-10H2,1-2H3,(H2,15,18). The number of carbonyl (C=O) groups is 1. The van der Waals surface area contributed by atoms with Crippen molar-refractivity contribution in [1.82, 2.24) is 10.2 Å².